The fraction of sp³-hybridized carbons (Fsp3) is 0.238. The van der Waals surface area contributed by atoms with Gasteiger partial charge < -0.3 is 9.88 Å². The van der Waals surface area contributed by atoms with Crippen LogP contribution in [-0.2, 0) is 17.1 Å². The molecule has 0 radical (unpaired) electrons. The smallest absolute Gasteiger partial charge is 0.225 e. The number of benzene rings is 2. The molecule has 1 N–H and O–H groups in total. The topological polar surface area (TPSA) is 72.7 Å². The van der Waals surface area contributed by atoms with Crippen LogP contribution in [0.15, 0.2) is 58.0 Å². The molecule has 1 amide bonds. The molecule has 2 heterocycles. The van der Waals surface area contributed by atoms with E-state index in [1.165, 1.54) is 4.70 Å². The predicted molar refractivity (Wildman–Crippen MR) is 130 cm³/mol. The Morgan fingerprint density at radius 3 is 2.84 bits per heavy atom. The minimum atomic E-state index is -0.0519. The highest BCUT2D eigenvalue weighted by Gasteiger charge is 2.14. The molecule has 10 heteroatoms. The van der Waals surface area contributed by atoms with Gasteiger partial charge in [-0.05, 0) is 37.3 Å². The summed E-state index contributed by atoms with van der Waals surface area (Å²) in [6.45, 7) is 2.85. The number of aromatic nitrogens is 4. The molecule has 0 aliphatic heterocycles. The number of carbonyl (C=O) groups is 1. The SMILES string of the molecule is CCn1c(CSc2nc3ccccc3s2)nnc1SCCC(=O)Nc1cccc(Cl)c1. The van der Waals surface area contributed by atoms with Crippen LogP contribution in [0.4, 0.5) is 5.69 Å². The van der Waals surface area contributed by atoms with Crippen molar-refractivity contribution >= 4 is 68.3 Å². The maximum Gasteiger partial charge on any atom is 0.225 e. The summed E-state index contributed by atoms with van der Waals surface area (Å²) in [5.74, 6) is 2.19. The fourth-order valence-electron chi connectivity index (χ4n) is 2.91. The Kier molecular flexibility index (Phi) is 7.49. The third-order valence-corrected chi connectivity index (χ3v) is 7.76. The molecule has 0 atom stereocenters. The van der Waals surface area contributed by atoms with Gasteiger partial charge in [0.05, 0.1) is 16.0 Å². The number of carbonyl (C=O) groups excluding carboxylic acids is 1. The quantitative estimate of drug-likeness (QED) is 0.292. The molecule has 6 nitrogen and oxygen atoms in total. The van der Waals surface area contributed by atoms with Crippen LogP contribution in [0.3, 0.4) is 0 Å². The summed E-state index contributed by atoms with van der Waals surface area (Å²) in [7, 11) is 0. The van der Waals surface area contributed by atoms with Gasteiger partial charge in [0.1, 0.15) is 5.82 Å². The summed E-state index contributed by atoms with van der Waals surface area (Å²) in [5.41, 5.74) is 1.73. The number of halogens is 1. The molecule has 0 bridgehead atoms. The van der Waals surface area contributed by atoms with Gasteiger partial charge in [-0.1, -0.05) is 53.3 Å². The van der Waals surface area contributed by atoms with Crippen LogP contribution in [-0.4, -0.2) is 31.4 Å². The molecule has 31 heavy (non-hydrogen) atoms. The van der Waals surface area contributed by atoms with Gasteiger partial charge in [-0.25, -0.2) is 4.98 Å². The van der Waals surface area contributed by atoms with Crippen molar-refractivity contribution in [2.45, 2.75) is 35.1 Å². The summed E-state index contributed by atoms with van der Waals surface area (Å²) in [4.78, 5) is 16.9. The van der Waals surface area contributed by atoms with Gasteiger partial charge in [-0.15, -0.1) is 21.5 Å². The lowest BCUT2D eigenvalue weighted by molar-refractivity contribution is -0.115. The van der Waals surface area contributed by atoms with Crippen molar-refractivity contribution in [2.75, 3.05) is 11.1 Å². The van der Waals surface area contributed by atoms with E-state index in [0.717, 1.165) is 27.4 Å². The van der Waals surface area contributed by atoms with Crippen molar-refractivity contribution in [3.8, 4) is 0 Å². The van der Waals surface area contributed by atoms with E-state index in [2.05, 4.69) is 38.1 Å². The summed E-state index contributed by atoms with van der Waals surface area (Å²) < 4.78 is 4.31. The first-order valence-electron chi connectivity index (χ1n) is 9.71. The molecule has 0 aliphatic rings. The highest BCUT2D eigenvalue weighted by atomic mass is 35.5. The lowest BCUT2D eigenvalue weighted by Crippen LogP contribution is -2.12. The average Bonchev–Trinajstić information content (AvgIpc) is 3.35. The molecule has 0 spiro atoms. The van der Waals surface area contributed by atoms with E-state index in [4.69, 9.17) is 11.6 Å². The number of rotatable bonds is 9. The van der Waals surface area contributed by atoms with E-state index in [0.29, 0.717) is 28.6 Å². The minimum absolute atomic E-state index is 0.0519. The third kappa shape index (κ3) is 5.79. The van der Waals surface area contributed by atoms with E-state index >= 15 is 0 Å². The number of hydrogen-bond donors (Lipinski definition) is 1. The minimum Gasteiger partial charge on any atom is -0.326 e. The van der Waals surface area contributed by atoms with Crippen LogP contribution in [0.2, 0.25) is 5.02 Å². The molecular formula is C21H20ClN5OS3. The number of nitrogens with one attached hydrogen (secondary N) is 1. The lowest BCUT2D eigenvalue weighted by atomic mass is 10.3. The maximum absolute atomic E-state index is 12.2. The predicted octanol–water partition coefficient (Wildman–Crippen LogP) is 5.97. The van der Waals surface area contributed by atoms with E-state index in [9.17, 15) is 4.79 Å². The number of thioether (sulfide) groups is 2. The van der Waals surface area contributed by atoms with Crippen LogP contribution < -0.4 is 5.32 Å². The largest absolute Gasteiger partial charge is 0.326 e. The molecule has 4 rings (SSSR count). The van der Waals surface area contributed by atoms with Gasteiger partial charge in [0, 0.05) is 29.4 Å². The normalized spacial score (nSPS) is 11.2. The molecule has 160 valence electrons. The van der Waals surface area contributed by atoms with Crippen molar-refractivity contribution in [2.24, 2.45) is 0 Å². The maximum atomic E-state index is 12.2. The second-order valence-corrected chi connectivity index (χ2v) is 10.3. The van der Waals surface area contributed by atoms with Gasteiger partial charge in [0.15, 0.2) is 9.50 Å². The second-order valence-electron chi connectivity index (χ2n) is 6.54. The van der Waals surface area contributed by atoms with Crippen LogP contribution in [0.5, 0.6) is 0 Å². The summed E-state index contributed by atoms with van der Waals surface area (Å²) in [5, 5.41) is 13.0. The number of thiazole rings is 1. The molecule has 0 aliphatic carbocycles. The van der Waals surface area contributed by atoms with Crippen molar-refractivity contribution in [3.63, 3.8) is 0 Å². The van der Waals surface area contributed by atoms with Crippen molar-refractivity contribution < 1.29 is 4.79 Å². The van der Waals surface area contributed by atoms with Crippen LogP contribution in [0, 0.1) is 0 Å². The molecule has 0 unspecified atom stereocenters. The molecule has 0 saturated heterocycles. The Balaban J connectivity index is 1.30. The lowest BCUT2D eigenvalue weighted by Gasteiger charge is -2.07. The summed E-state index contributed by atoms with van der Waals surface area (Å²) in [6, 6.07) is 15.3. The van der Waals surface area contributed by atoms with Gasteiger partial charge in [-0.3, -0.25) is 4.79 Å². The van der Waals surface area contributed by atoms with Crippen molar-refractivity contribution in [1.29, 1.82) is 0 Å². The Morgan fingerprint density at radius 1 is 1.16 bits per heavy atom. The van der Waals surface area contributed by atoms with Gasteiger partial charge >= 0.3 is 0 Å². The fourth-order valence-corrected chi connectivity index (χ4v) is 6.07. The Hall–Kier alpha value is -2.07. The van der Waals surface area contributed by atoms with E-state index in [-0.39, 0.29) is 5.91 Å². The zero-order valence-electron chi connectivity index (χ0n) is 16.7. The molecule has 4 aromatic rings. The molecule has 2 aromatic heterocycles. The average molecular weight is 490 g/mol. The Labute approximate surface area is 197 Å². The highest BCUT2D eigenvalue weighted by molar-refractivity contribution is 8.00. The van der Waals surface area contributed by atoms with Crippen molar-refractivity contribution in [3.05, 3.63) is 59.4 Å². The number of nitrogens with zero attached hydrogens (tertiary/aromatic N) is 4. The number of hydrogen-bond acceptors (Lipinski definition) is 7. The van der Waals surface area contributed by atoms with Crippen molar-refractivity contribution in [1.82, 2.24) is 19.7 Å². The highest BCUT2D eigenvalue weighted by Crippen LogP contribution is 2.31. The standard InChI is InChI=1S/C21H20ClN5OS3/c1-2-27-18(13-30-21-24-16-8-3-4-9-17(16)31-21)25-26-20(27)29-11-10-19(28)23-15-7-5-6-14(22)12-15/h3-9,12H,2,10-11,13H2,1H3,(H,23,28). The molecule has 0 saturated carbocycles. The van der Waals surface area contributed by atoms with Crippen LogP contribution in [0.1, 0.15) is 19.2 Å². The van der Waals surface area contributed by atoms with Gasteiger partial charge in [-0.2, -0.15) is 0 Å². The summed E-state index contributed by atoms with van der Waals surface area (Å²) >= 11 is 10.9. The molecule has 2 aromatic carbocycles. The molecular weight excluding hydrogens is 470 g/mol. The van der Waals surface area contributed by atoms with E-state index < -0.39 is 0 Å². The Morgan fingerprint density at radius 2 is 2.03 bits per heavy atom. The third-order valence-electron chi connectivity index (χ3n) is 4.38. The zero-order valence-corrected chi connectivity index (χ0v) is 20.0. The van der Waals surface area contributed by atoms with E-state index in [1.54, 1.807) is 47.0 Å². The number of fused-ring (bicyclic) bond motifs is 1. The van der Waals surface area contributed by atoms with Gasteiger partial charge in [0.25, 0.3) is 0 Å². The van der Waals surface area contributed by atoms with Gasteiger partial charge in [0.2, 0.25) is 5.91 Å². The Bertz CT molecular complexity index is 1160. The van der Waals surface area contributed by atoms with Crippen LogP contribution in [0.25, 0.3) is 10.2 Å². The number of anilines is 1. The number of amides is 1. The first kappa shape index (κ1) is 22.1. The first-order valence-corrected chi connectivity index (χ1v) is 12.9. The monoisotopic (exact) mass is 489 g/mol. The summed E-state index contributed by atoms with van der Waals surface area (Å²) in [6.07, 6.45) is 0.379. The van der Waals surface area contributed by atoms with Crippen LogP contribution >= 0.6 is 46.5 Å². The number of para-hydroxylation sites is 1. The van der Waals surface area contributed by atoms with E-state index in [1.807, 2.05) is 30.3 Å². The zero-order chi connectivity index (χ0) is 21.6. The second kappa shape index (κ2) is 10.5. The first-order chi connectivity index (χ1) is 15.1. The molecule has 0 fully saturated rings.